The number of benzene rings is 1. The lowest BCUT2D eigenvalue weighted by Crippen LogP contribution is -2.21. The van der Waals surface area contributed by atoms with E-state index in [4.69, 9.17) is 11.6 Å². The molecule has 1 aromatic heterocycles. The Balaban J connectivity index is 2.38. The van der Waals surface area contributed by atoms with E-state index >= 15 is 0 Å². The van der Waals surface area contributed by atoms with E-state index in [0.717, 1.165) is 12.1 Å². The monoisotopic (exact) mass is 333 g/mol. The summed E-state index contributed by atoms with van der Waals surface area (Å²) in [4.78, 5) is 18.4. The first-order valence-electron chi connectivity index (χ1n) is 5.85. The van der Waals surface area contributed by atoms with Crippen LogP contribution in [0.25, 0.3) is 0 Å². The number of nitrogens with zero attached hydrogens (tertiary/aromatic N) is 2. The van der Waals surface area contributed by atoms with Crippen LogP contribution in [-0.2, 0) is 6.18 Å². The summed E-state index contributed by atoms with van der Waals surface area (Å²) in [5, 5.41) is 1.63. The Morgan fingerprint density at radius 3 is 2.59 bits per heavy atom. The minimum Gasteiger partial charge on any atom is -0.322 e. The van der Waals surface area contributed by atoms with Gasteiger partial charge in [-0.1, -0.05) is 0 Å². The van der Waals surface area contributed by atoms with E-state index in [0.29, 0.717) is 11.8 Å². The van der Waals surface area contributed by atoms with Crippen LogP contribution in [0.2, 0.25) is 5.28 Å². The van der Waals surface area contributed by atoms with Crippen LogP contribution in [-0.4, -0.2) is 15.9 Å². The lowest BCUT2D eigenvalue weighted by atomic mass is 10.1. The molecule has 0 aliphatic heterocycles. The Kier molecular flexibility index (Phi) is 4.32. The number of anilines is 1. The third-order valence-corrected chi connectivity index (χ3v) is 2.89. The number of aromatic nitrogens is 2. The predicted octanol–water partition coefficient (Wildman–Crippen LogP) is 3.85. The predicted molar refractivity (Wildman–Crippen MR) is 71.1 cm³/mol. The maximum atomic E-state index is 13.0. The molecule has 1 N–H and O–H groups in total. The molecule has 9 heteroatoms. The number of alkyl halides is 3. The van der Waals surface area contributed by atoms with Crippen molar-refractivity contribution < 1.29 is 22.4 Å². The molecule has 0 aliphatic rings. The molecule has 0 saturated heterocycles. The highest BCUT2D eigenvalue weighted by atomic mass is 35.5. The molecule has 0 saturated carbocycles. The first-order chi connectivity index (χ1) is 10.2. The highest BCUT2D eigenvalue weighted by Crippen LogP contribution is 2.31. The second-order valence-electron chi connectivity index (χ2n) is 4.31. The zero-order valence-corrected chi connectivity index (χ0v) is 11.8. The van der Waals surface area contributed by atoms with Crippen LogP contribution in [0.3, 0.4) is 0 Å². The quantitative estimate of drug-likeness (QED) is 0.671. The van der Waals surface area contributed by atoms with Crippen LogP contribution < -0.4 is 5.32 Å². The molecule has 0 radical (unpaired) electrons. The molecule has 0 aliphatic carbocycles. The van der Waals surface area contributed by atoms with Gasteiger partial charge in [0, 0.05) is 11.9 Å². The number of hydrogen-bond acceptors (Lipinski definition) is 3. The van der Waals surface area contributed by atoms with Crippen LogP contribution in [0.5, 0.6) is 0 Å². The molecule has 0 unspecified atom stereocenters. The van der Waals surface area contributed by atoms with Crippen molar-refractivity contribution >= 4 is 23.2 Å². The van der Waals surface area contributed by atoms with Gasteiger partial charge in [0.05, 0.1) is 5.56 Å². The van der Waals surface area contributed by atoms with Gasteiger partial charge in [0.25, 0.3) is 5.91 Å². The van der Waals surface area contributed by atoms with Crippen molar-refractivity contribution in [1.29, 1.82) is 0 Å². The summed E-state index contributed by atoms with van der Waals surface area (Å²) in [7, 11) is 0. The molecule has 0 atom stereocenters. The van der Waals surface area contributed by atoms with E-state index in [9.17, 15) is 22.4 Å². The second kappa shape index (κ2) is 5.88. The van der Waals surface area contributed by atoms with E-state index in [1.54, 1.807) is 0 Å². The molecule has 0 fully saturated rings. The summed E-state index contributed by atoms with van der Waals surface area (Å²) in [6, 6.07) is 3.46. The fourth-order valence-corrected chi connectivity index (χ4v) is 1.83. The van der Waals surface area contributed by atoms with E-state index in [-0.39, 0.29) is 5.69 Å². The van der Waals surface area contributed by atoms with Gasteiger partial charge in [0.15, 0.2) is 5.69 Å². The summed E-state index contributed by atoms with van der Waals surface area (Å²) < 4.78 is 51.6. The zero-order chi connectivity index (χ0) is 16.5. The largest absolute Gasteiger partial charge is 0.434 e. The van der Waals surface area contributed by atoms with E-state index in [1.807, 2.05) is 0 Å². The average molecular weight is 334 g/mol. The number of halogens is 5. The summed E-state index contributed by atoms with van der Waals surface area (Å²) in [6.45, 7) is 1.50. The smallest absolute Gasteiger partial charge is 0.322 e. The van der Waals surface area contributed by atoms with Crippen molar-refractivity contribution in [3.8, 4) is 0 Å². The maximum absolute atomic E-state index is 13.0. The van der Waals surface area contributed by atoms with Gasteiger partial charge in [0.2, 0.25) is 5.28 Å². The summed E-state index contributed by atoms with van der Waals surface area (Å²) >= 11 is 5.33. The van der Waals surface area contributed by atoms with Gasteiger partial charge in [-0.05, 0) is 42.3 Å². The third kappa shape index (κ3) is 3.51. The fraction of sp³-hybridized carbons (Fsp3) is 0.154. The molecule has 22 heavy (non-hydrogen) atoms. The lowest BCUT2D eigenvalue weighted by Gasteiger charge is -2.12. The number of rotatable bonds is 2. The fourth-order valence-electron chi connectivity index (χ4n) is 1.70. The average Bonchev–Trinajstić information content (AvgIpc) is 2.40. The Bertz CT molecular complexity index is 734. The topological polar surface area (TPSA) is 54.9 Å². The molecular formula is C13H8ClF4N3O. The second-order valence-corrected chi connectivity index (χ2v) is 4.65. The summed E-state index contributed by atoms with van der Waals surface area (Å²) in [5.74, 6) is -1.60. The normalized spacial score (nSPS) is 11.4. The maximum Gasteiger partial charge on any atom is 0.434 e. The van der Waals surface area contributed by atoms with Gasteiger partial charge in [-0.3, -0.25) is 4.79 Å². The van der Waals surface area contributed by atoms with Crippen LogP contribution in [0.1, 0.15) is 21.6 Å². The molecule has 1 heterocycles. The molecule has 1 aromatic carbocycles. The molecular weight excluding hydrogens is 326 g/mol. The first-order valence-corrected chi connectivity index (χ1v) is 6.23. The van der Waals surface area contributed by atoms with Crippen LogP contribution in [0.15, 0.2) is 24.4 Å². The van der Waals surface area contributed by atoms with Crippen molar-refractivity contribution in [1.82, 2.24) is 9.97 Å². The van der Waals surface area contributed by atoms with Gasteiger partial charge in [-0.15, -0.1) is 0 Å². The summed E-state index contributed by atoms with van der Waals surface area (Å²) in [6.07, 6.45) is -4.18. The Morgan fingerprint density at radius 2 is 2.00 bits per heavy atom. The number of nitrogens with one attached hydrogen (secondary N) is 1. The molecule has 1 amide bonds. The molecule has 0 bridgehead atoms. The lowest BCUT2D eigenvalue weighted by molar-refractivity contribution is -0.141. The molecule has 4 nitrogen and oxygen atoms in total. The third-order valence-electron chi connectivity index (χ3n) is 2.71. The van der Waals surface area contributed by atoms with Crippen molar-refractivity contribution in [2.75, 3.05) is 5.32 Å². The number of aryl methyl sites for hydroxylation is 1. The molecule has 2 aromatic rings. The van der Waals surface area contributed by atoms with Crippen LogP contribution in [0.4, 0.5) is 23.2 Å². The van der Waals surface area contributed by atoms with Crippen molar-refractivity contribution in [2.24, 2.45) is 0 Å². The van der Waals surface area contributed by atoms with E-state index in [2.05, 4.69) is 15.3 Å². The van der Waals surface area contributed by atoms with Gasteiger partial charge >= 0.3 is 6.18 Å². The number of carbonyl (C=O) groups excluding carboxylic acids is 1. The van der Waals surface area contributed by atoms with Crippen molar-refractivity contribution in [3.63, 3.8) is 0 Å². The molecule has 0 spiro atoms. The van der Waals surface area contributed by atoms with Gasteiger partial charge in [0.1, 0.15) is 5.82 Å². The zero-order valence-electron chi connectivity index (χ0n) is 11.0. The molecule has 2 rings (SSSR count). The van der Waals surface area contributed by atoms with E-state index in [1.165, 1.54) is 13.0 Å². The number of hydrogen-bond donors (Lipinski definition) is 1. The minimum absolute atomic E-state index is 0.175. The highest BCUT2D eigenvalue weighted by Gasteiger charge is 2.38. The van der Waals surface area contributed by atoms with E-state index < -0.39 is 34.4 Å². The first kappa shape index (κ1) is 16.2. The van der Waals surface area contributed by atoms with Crippen LogP contribution in [0, 0.1) is 12.7 Å². The van der Waals surface area contributed by atoms with Crippen molar-refractivity contribution in [3.05, 3.63) is 52.3 Å². The number of carbonyl (C=O) groups is 1. The van der Waals surface area contributed by atoms with Crippen LogP contribution >= 0.6 is 11.6 Å². The Morgan fingerprint density at radius 1 is 1.32 bits per heavy atom. The number of amides is 1. The Labute approximate surface area is 127 Å². The highest BCUT2D eigenvalue weighted by molar-refractivity contribution is 6.28. The summed E-state index contributed by atoms with van der Waals surface area (Å²) in [5.41, 5.74) is -1.68. The van der Waals surface area contributed by atoms with Crippen molar-refractivity contribution in [2.45, 2.75) is 13.1 Å². The van der Waals surface area contributed by atoms with Gasteiger partial charge in [-0.2, -0.15) is 13.2 Å². The van der Waals surface area contributed by atoms with Gasteiger partial charge < -0.3 is 5.32 Å². The SMILES string of the molecule is Cc1cc(F)ccc1NC(=O)c1cnc(Cl)nc1C(F)(F)F. The molecule has 116 valence electrons. The standard InChI is InChI=1S/C13H8ClF4N3O/c1-6-4-7(15)2-3-9(6)20-11(22)8-5-19-12(14)21-10(8)13(16,17)18/h2-5H,1H3,(H,20,22). The minimum atomic E-state index is -4.86. The Hall–Kier alpha value is -2.22. The van der Waals surface area contributed by atoms with Gasteiger partial charge in [-0.25, -0.2) is 14.4 Å².